The van der Waals surface area contributed by atoms with Crippen LogP contribution < -0.4 is 4.72 Å². The molecule has 4 nitrogen and oxygen atoms in total. The second kappa shape index (κ2) is 6.33. The molecule has 1 saturated carbocycles. The summed E-state index contributed by atoms with van der Waals surface area (Å²) in [5, 5.41) is 9.87. The first kappa shape index (κ1) is 16.3. The van der Waals surface area contributed by atoms with E-state index >= 15 is 0 Å². The van der Waals surface area contributed by atoms with Crippen LogP contribution in [0.2, 0.25) is 0 Å². The van der Waals surface area contributed by atoms with E-state index in [4.69, 9.17) is 0 Å². The first-order valence-electron chi connectivity index (χ1n) is 6.67. The molecule has 2 atom stereocenters. The number of benzene rings is 1. The van der Waals surface area contributed by atoms with Crippen molar-refractivity contribution >= 4 is 10.0 Å². The van der Waals surface area contributed by atoms with E-state index < -0.39 is 44.5 Å². The second-order valence-corrected chi connectivity index (χ2v) is 6.79. The maximum absolute atomic E-state index is 13.6. The number of sulfonamides is 1. The van der Waals surface area contributed by atoms with E-state index in [0.29, 0.717) is 25.0 Å². The maximum atomic E-state index is 13.6. The quantitative estimate of drug-likeness (QED) is 0.661. The highest BCUT2D eigenvalue weighted by molar-refractivity contribution is 7.89. The second-order valence-electron chi connectivity index (χ2n) is 5.11. The largest absolute Gasteiger partial charge is 0.391 e. The van der Waals surface area contributed by atoms with Gasteiger partial charge in [-0.25, -0.2) is 26.3 Å². The van der Waals surface area contributed by atoms with Crippen molar-refractivity contribution < 1.29 is 26.7 Å². The Hall–Kier alpha value is -1.12. The van der Waals surface area contributed by atoms with E-state index in [0.717, 1.165) is 19.3 Å². The van der Waals surface area contributed by atoms with Crippen LogP contribution in [0.15, 0.2) is 17.0 Å². The molecule has 2 rings (SSSR count). The van der Waals surface area contributed by atoms with Crippen LogP contribution in [-0.4, -0.2) is 25.7 Å². The molecule has 0 bridgehead atoms. The van der Waals surface area contributed by atoms with Gasteiger partial charge in [0.1, 0.15) is 4.90 Å². The van der Waals surface area contributed by atoms with Gasteiger partial charge in [0, 0.05) is 6.04 Å². The molecule has 0 aromatic heterocycles. The van der Waals surface area contributed by atoms with Crippen molar-refractivity contribution in [3.63, 3.8) is 0 Å². The molecule has 1 aromatic carbocycles. The van der Waals surface area contributed by atoms with E-state index in [9.17, 15) is 26.7 Å². The van der Waals surface area contributed by atoms with Crippen molar-refractivity contribution in [1.82, 2.24) is 4.72 Å². The van der Waals surface area contributed by atoms with E-state index in [1.807, 2.05) is 0 Å². The van der Waals surface area contributed by atoms with Gasteiger partial charge in [-0.3, -0.25) is 0 Å². The van der Waals surface area contributed by atoms with Gasteiger partial charge in [-0.2, -0.15) is 0 Å². The lowest BCUT2D eigenvalue weighted by Gasteiger charge is -2.21. The highest BCUT2D eigenvalue weighted by Gasteiger charge is 2.30. The molecule has 1 fully saturated rings. The third-order valence-electron chi connectivity index (χ3n) is 3.58. The van der Waals surface area contributed by atoms with Crippen molar-refractivity contribution in [3.05, 3.63) is 29.6 Å². The Bertz CT molecular complexity index is 621. The monoisotopic (exact) mass is 323 g/mol. The Labute approximate surface area is 121 Å². The zero-order chi connectivity index (χ0) is 15.6. The number of nitrogens with one attached hydrogen (secondary N) is 1. The maximum Gasteiger partial charge on any atom is 0.243 e. The SMILES string of the molecule is O=S(=O)(NC1CCCCCC1O)c1ccc(F)c(F)c1F. The predicted molar refractivity (Wildman–Crippen MR) is 69.5 cm³/mol. The van der Waals surface area contributed by atoms with Crippen molar-refractivity contribution in [1.29, 1.82) is 0 Å². The molecular weight excluding hydrogens is 307 g/mol. The first-order chi connectivity index (χ1) is 9.83. The summed E-state index contributed by atoms with van der Waals surface area (Å²) in [5.74, 6) is -5.05. The Morgan fingerprint density at radius 1 is 1.05 bits per heavy atom. The molecule has 2 N–H and O–H groups in total. The molecule has 0 amide bonds. The molecular formula is C13H16F3NO3S. The standard InChI is InChI=1S/C13H16F3NO3S/c14-8-6-7-11(13(16)12(8)15)21(19,20)17-9-4-2-1-3-5-10(9)18/h6-7,9-10,17-18H,1-5H2. The highest BCUT2D eigenvalue weighted by Crippen LogP contribution is 2.23. The minimum absolute atomic E-state index is 0.408. The van der Waals surface area contributed by atoms with Gasteiger partial charge in [0.2, 0.25) is 10.0 Å². The normalized spacial score (nSPS) is 23.8. The molecule has 0 saturated heterocycles. The predicted octanol–water partition coefficient (Wildman–Crippen LogP) is 2.08. The molecule has 0 aliphatic heterocycles. The number of aliphatic hydroxyl groups excluding tert-OH is 1. The number of hydrogen-bond acceptors (Lipinski definition) is 3. The first-order valence-corrected chi connectivity index (χ1v) is 8.15. The van der Waals surface area contributed by atoms with Crippen LogP contribution >= 0.6 is 0 Å². The number of rotatable bonds is 3. The van der Waals surface area contributed by atoms with Gasteiger partial charge in [0.05, 0.1) is 6.10 Å². The van der Waals surface area contributed by atoms with Crippen LogP contribution in [0, 0.1) is 17.5 Å². The third-order valence-corrected chi connectivity index (χ3v) is 5.08. The molecule has 0 radical (unpaired) electrons. The summed E-state index contributed by atoms with van der Waals surface area (Å²) in [7, 11) is -4.37. The molecule has 8 heteroatoms. The average molecular weight is 323 g/mol. The minimum atomic E-state index is -4.37. The van der Waals surface area contributed by atoms with E-state index in [1.165, 1.54) is 0 Å². The fourth-order valence-corrected chi connectivity index (χ4v) is 3.78. The molecule has 118 valence electrons. The fourth-order valence-electron chi connectivity index (χ4n) is 2.40. The van der Waals surface area contributed by atoms with Crippen molar-refractivity contribution in [2.75, 3.05) is 0 Å². The topological polar surface area (TPSA) is 66.4 Å². The Morgan fingerprint density at radius 2 is 1.71 bits per heavy atom. The lowest BCUT2D eigenvalue weighted by atomic mass is 10.1. The van der Waals surface area contributed by atoms with E-state index in [2.05, 4.69) is 4.72 Å². The molecule has 2 unspecified atom stereocenters. The average Bonchev–Trinajstić information content (AvgIpc) is 2.61. The molecule has 21 heavy (non-hydrogen) atoms. The van der Waals surface area contributed by atoms with Crippen LogP contribution in [0.1, 0.15) is 32.1 Å². The fraction of sp³-hybridized carbons (Fsp3) is 0.538. The van der Waals surface area contributed by atoms with Crippen molar-refractivity contribution in [2.45, 2.75) is 49.1 Å². The van der Waals surface area contributed by atoms with Gasteiger partial charge in [0.25, 0.3) is 0 Å². The summed E-state index contributed by atoms with van der Waals surface area (Å²) in [5.41, 5.74) is 0. The van der Waals surface area contributed by atoms with Gasteiger partial charge < -0.3 is 5.11 Å². The van der Waals surface area contributed by atoms with Crippen LogP contribution in [0.3, 0.4) is 0 Å². The van der Waals surface area contributed by atoms with Crippen LogP contribution in [0.4, 0.5) is 13.2 Å². The summed E-state index contributed by atoms with van der Waals surface area (Å²) in [6.07, 6.45) is 2.34. The van der Waals surface area contributed by atoms with Crippen molar-refractivity contribution in [2.24, 2.45) is 0 Å². The van der Waals surface area contributed by atoms with Gasteiger partial charge >= 0.3 is 0 Å². The van der Waals surface area contributed by atoms with Crippen LogP contribution in [-0.2, 0) is 10.0 Å². The van der Waals surface area contributed by atoms with Crippen LogP contribution in [0.5, 0.6) is 0 Å². The lowest BCUT2D eigenvalue weighted by molar-refractivity contribution is 0.130. The highest BCUT2D eigenvalue weighted by atomic mass is 32.2. The zero-order valence-corrected chi connectivity index (χ0v) is 12.0. The summed E-state index contributed by atoms with van der Waals surface area (Å²) in [4.78, 5) is -0.960. The van der Waals surface area contributed by atoms with Gasteiger partial charge in [-0.15, -0.1) is 0 Å². The third kappa shape index (κ3) is 3.56. The Balaban J connectivity index is 2.28. The van der Waals surface area contributed by atoms with Gasteiger partial charge in [-0.05, 0) is 25.0 Å². The molecule has 1 aliphatic carbocycles. The summed E-state index contributed by atoms with van der Waals surface area (Å²) in [6, 6.07) is 0.459. The molecule has 1 aromatic rings. The van der Waals surface area contributed by atoms with Gasteiger partial charge in [0.15, 0.2) is 17.5 Å². The number of aliphatic hydroxyl groups is 1. The van der Waals surface area contributed by atoms with Crippen LogP contribution in [0.25, 0.3) is 0 Å². The molecule has 1 aliphatic rings. The van der Waals surface area contributed by atoms with E-state index in [1.54, 1.807) is 0 Å². The Kier molecular flexibility index (Phi) is 4.90. The summed E-state index contributed by atoms with van der Waals surface area (Å²) in [6.45, 7) is 0. The molecule has 0 heterocycles. The zero-order valence-electron chi connectivity index (χ0n) is 11.2. The smallest absolute Gasteiger partial charge is 0.243 e. The molecule has 0 spiro atoms. The van der Waals surface area contributed by atoms with Crippen molar-refractivity contribution in [3.8, 4) is 0 Å². The number of halogens is 3. The lowest BCUT2D eigenvalue weighted by Crippen LogP contribution is -2.42. The van der Waals surface area contributed by atoms with Gasteiger partial charge in [-0.1, -0.05) is 19.3 Å². The summed E-state index contributed by atoms with van der Waals surface area (Å²) >= 11 is 0. The number of hydrogen-bond donors (Lipinski definition) is 2. The Morgan fingerprint density at radius 3 is 2.43 bits per heavy atom. The minimum Gasteiger partial charge on any atom is -0.391 e. The van der Waals surface area contributed by atoms with E-state index in [-0.39, 0.29) is 0 Å². The summed E-state index contributed by atoms with van der Waals surface area (Å²) < 4.78 is 66.0.